The molecule has 0 radical (unpaired) electrons. The third-order valence-electron chi connectivity index (χ3n) is 4.20. The van der Waals surface area contributed by atoms with Crippen molar-refractivity contribution in [2.24, 2.45) is 17.1 Å². The van der Waals surface area contributed by atoms with Gasteiger partial charge in [-0.05, 0) is 37.6 Å². The summed E-state index contributed by atoms with van der Waals surface area (Å²) in [5.41, 5.74) is 5.79. The Labute approximate surface area is 119 Å². The average molecular weight is 270 g/mol. The van der Waals surface area contributed by atoms with E-state index in [2.05, 4.69) is 34.6 Å². The molecule has 0 heterocycles. The predicted molar refractivity (Wildman–Crippen MR) is 83.0 cm³/mol. The van der Waals surface area contributed by atoms with Crippen LogP contribution in [0.25, 0.3) is 0 Å². The van der Waals surface area contributed by atoms with E-state index < -0.39 is 0 Å². The van der Waals surface area contributed by atoms with Crippen LogP contribution >= 0.6 is 0 Å². The highest BCUT2D eigenvalue weighted by atomic mass is 16.2. The molecule has 0 bridgehead atoms. The summed E-state index contributed by atoms with van der Waals surface area (Å²) in [7, 11) is 0. The van der Waals surface area contributed by atoms with Crippen molar-refractivity contribution in [3.8, 4) is 0 Å². The quantitative estimate of drug-likeness (QED) is 0.661. The number of hydrogen-bond donors (Lipinski definition) is 1. The molecule has 0 aromatic rings. The Bertz CT molecular complexity index is 247. The Balaban J connectivity index is 4.28. The van der Waals surface area contributed by atoms with Gasteiger partial charge in [-0.25, -0.2) is 0 Å². The number of nitrogens with zero attached hydrogens (tertiary/aromatic N) is 1. The van der Waals surface area contributed by atoms with Crippen LogP contribution < -0.4 is 5.73 Å². The number of rotatable bonds is 10. The van der Waals surface area contributed by atoms with Gasteiger partial charge >= 0.3 is 0 Å². The molecular formula is C16H34N2O. The summed E-state index contributed by atoms with van der Waals surface area (Å²) in [6.45, 7) is 13.3. The van der Waals surface area contributed by atoms with E-state index in [0.717, 1.165) is 38.8 Å². The van der Waals surface area contributed by atoms with E-state index in [1.807, 2.05) is 4.90 Å². The van der Waals surface area contributed by atoms with Gasteiger partial charge in [0.1, 0.15) is 0 Å². The minimum absolute atomic E-state index is 0.179. The number of amides is 1. The normalized spacial score (nSPS) is 11.9. The molecule has 1 amide bonds. The minimum atomic E-state index is 0.179. The molecule has 0 fully saturated rings. The molecule has 0 aromatic carbocycles. The number of carbonyl (C=O) groups is 1. The van der Waals surface area contributed by atoms with Gasteiger partial charge < -0.3 is 10.6 Å². The molecule has 114 valence electrons. The molecule has 0 atom stereocenters. The second-order valence-corrected chi connectivity index (χ2v) is 6.32. The van der Waals surface area contributed by atoms with E-state index in [-0.39, 0.29) is 5.41 Å². The van der Waals surface area contributed by atoms with E-state index >= 15 is 0 Å². The molecule has 0 rings (SSSR count). The highest BCUT2D eigenvalue weighted by Crippen LogP contribution is 2.26. The van der Waals surface area contributed by atoms with Crippen molar-refractivity contribution in [1.82, 2.24) is 4.90 Å². The SMILES string of the molecule is CCC(CC)CN(CC)C(=O)CCC(C)(C)CCN. The van der Waals surface area contributed by atoms with E-state index in [9.17, 15) is 4.79 Å². The summed E-state index contributed by atoms with van der Waals surface area (Å²) < 4.78 is 0. The van der Waals surface area contributed by atoms with Crippen LogP contribution in [0.1, 0.15) is 66.7 Å². The molecular weight excluding hydrogens is 236 g/mol. The lowest BCUT2D eigenvalue weighted by Crippen LogP contribution is -2.35. The third-order valence-corrected chi connectivity index (χ3v) is 4.20. The topological polar surface area (TPSA) is 46.3 Å². The first-order valence-corrected chi connectivity index (χ1v) is 7.88. The molecule has 0 aliphatic carbocycles. The Hall–Kier alpha value is -0.570. The molecule has 0 spiro atoms. The fraction of sp³-hybridized carbons (Fsp3) is 0.938. The summed E-state index contributed by atoms with van der Waals surface area (Å²) in [5, 5.41) is 0. The fourth-order valence-electron chi connectivity index (χ4n) is 2.38. The van der Waals surface area contributed by atoms with Gasteiger partial charge in [-0.15, -0.1) is 0 Å². The van der Waals surface area contributed by atoms with Crippen molar-refractivity contribution in [2.45, 2.75) is 66.7 Å². The molecule has 19 heavy (non-hydrogen) atoms. The standard InChI is InChI=1S/C16H34N2O/c1-6-14(7-2)13-18(8-3)15(19)9-10-16(4,5)11-12-17/h14H,6-13,17H2,1-5H3. The highest BCUT2D eigenvalue weighted by molar-refractivity contribution is 5.76. The molecule has 3 heteroatoms. The van der Waals surface area contributed by atoms with Gasteiger partial charge in [-0.3, -0.25) is 4.79 Å². The van der Waals surface area contributed by atoms with Gasteiger partial charge in [0.05, 0.1) is 0 Å². The van der Waals surface area contributed by atoms with Gasteiger partial charge in [-0.1, -0.05) is 40.5 Å². The number of hydrogen-bond acceptors (Lipinski definition) is 2. The van der Waals surface area contributed by atoms with Crippen LogP contribution in [0.2, 0.25) is 0 Å². The Morgan fingerprint density at radius 1 is 1.16 bits per heavy atom. The summed E-state index contributed by atoms with van der Waals surface area (Å²) in [6.07, 6.45) is 4.88. The lowest BCUT2D eigenvalue weighted by atomic mass is 9.84. The van der Waals surface area contributed by atoms with Crippen molar-refractivity contribution >= 4 is 5.91 Å². The molecule has 0 aliphatic heterocycles. The summed E-state index contributed by atoms with van der Waals surface area (Å²) in [4.78, 5) is 14.3. The Kier molecular flexibility index (Phi) is 9.07. The largest absolute Gasteiger partial charge is 0.343 e. The maximum Gasteiger partial charge on any atom is 0.222 e. The molecule has 0 saturated heterocycles. The lowest BCUT2D eigenvalue weighted by molar-refractivity contribution is -0.132. The van der Waals surface area contributed by atoms with Crippen LogP contribution in [-0.4, -0.2) is 30.4 Å². The van der Waals surface area contributed by atoms with E-state index in [4.69, 9.17) is 5.73 Å². The first-order valence-electron chi connectivity index (χ1n) is 7.88. The molecule has 0 aromatic heterocycles. The average Bonchev–Trinajstić information content (AvgIpc) is 2.37. The predicted octanol–water partition coefficient (Wildman–Crippen LogP) is 3.43. The van der Waals surface area contributed by atoms with Gasteiger partial charge in [-0.2, -0.15) is 0 Å². The van der Waals surface area contributed by atoms with Crippen LogP contribution in [-0.2, 0) is 4.79 Å². The molecule has 0 saturated carbocycles. The molecule has 0 aliphatic rings. The maximum atomic E-state index is 12.3. The van der Waals surface area contributed by atoms with Crippen LogP contribution in [0.4, 0.5) is 0 Å². The second-order valence-electron chi connectivity index (χ2n) is 6.32. The zero-order valence-corrected chi connectivity index (χ0v) is 13.7. The van der Waals surface area contributed by atoms with Crippen molar-refractivity contribution < 1.29 is 4.79 Å². The van der Waals surface area contributed by atoms with Crippen LogP contribution in [0.5, 0.6) is 0 Å². The second kappa shape index (κ2) is 9.35. The maximum absolute atomic E-state index is 12.3. The number of carbonyl (C=O) groups excluding carboxylic acids is 1. The monoisotopic (exact) mass is 270 g/mol. The van der Waals surface area contributed by atoms with Crippen molar-refractivity contribution in [3.05, 3.63) is 0 Å². The highest BCUT2D eigenvalue weighted by Gasteiger charge is 2.21. The Morgan fingerprint density at radius 3 is 2.16 bits per heavy atom. The van der Waals surface area contributed by atoms with E-state index in [0.29, 0.717) is 24.8 Å². The van der Waals surface area contributed by atoms with Crippen molar-refractivity contribution in [2.75, 3.05) is 19.6 Å². The summed E-state index contributed by atoms with van der Waals surface area (Å²) in [5.74, 6) is 0.945. The minimum Gasteiger partial charge on any atom is -0.343 e. The zero-order chi connectivity index (χ0) is 14.9. The van der Waals surface area contributed by atoms with E-state index in [1.165, 1.54) is 0 Å². The Morgan fingerprint density at radius 2 is 1.74 bits per heavy atom. The summed E-state index contributed by atoms with van der Waals surface area (Å²) in [6, 6.07) is 0. The van der Waals surface area contributed by atoms with Gasteiger partial charge in [0.25, 0.3) is 0 Å². The lowest BCUT2D eigenvalue weighted by Gasteiger charge is -2.28. The third kappa shape index (κ3) is 7.56. The number of nitrogens with two attached hydrogens (primary N) is 1. The van der Waals surface area contributed by atoms with Crippen LogP contribution in [0.15, 0.2) is 0 Å². The summed E-state index contributed by atoms with van der Waals surface area (Å²) >= 11 is 0. The molecule has 3 nitrogen and oxygen atoms in total. The van der Waals surface area contributed by atoms with Gasteiger partial charge in [0.15, 0.2) is 0 Å². The smallest absolute Gasteiger partial charge is 0.222 e. The van der Waals surface area contributed by atoms with Crippen LogP contribution in [0.3, 0.4) is 0 Å². The van der Waals surface area contributed by atoms with Gasteiger partial charge in [0, 0.05) is 19.5 Å². The fourth-order valence-corrected chi connectivity index (χ4v) is 2.38. The first-order chi connectivity index (χ1) is 8.90. The van der Waals surface area contributed by atoms with E-state index in [1.54, 1.807) is 0 Å². The van der Waals surface area contributed by atoms with Crippen LogP contribution in [0, 0.1) is 11.3 Å². The van der Waals surface area contributed by atoms with Crippen molar-refractivity contribution in [3.63, 3.8) is 0 Å². The van der Waals surface area contributed by atoms with Crippen molar-refractivity contribution in [1.29, 1.82) is 0 Å². The molecule has 2 N–H and O–H groups in total. The zero-order valence-electron chi connectivity index (χ0n) is 13.7. The van der Waals surface area contributed by atoms with Gasteiger partial charge in [0.2, 0.25) is 5.91 Å². The first kappa shape index (κ1) is 18.4. The molecule has 0 unspecified atom stereocenters.